The second-order valence-electron chi connectivity index (χ2n) is 7.16. The molecule has 4 nitrogen and oxygen atoms in total. The van der Waals surface area contributed by atoms with Gasteiger partial charge in [-0.3, -0.25) is 9.69 Å². The SMILES string of the molecule is Cc1nc(CSc2ccc(C(=O)N3CCN(CC(C)C)CC3)cc2)cs1. The summed E-state index contributed by atoms with van der Waals surface area (Å²) in [5, 5.41) is 3.22. The Morgan fingerprint density at radius 3 is 2.46 bits per heavy atom. The maximum absolute atomic E-state index is 12.7. The van der Waals surface area contributed by atoms with E-state index >= 15 is 0 Å². The largest absolute Gasteiger partial charge is 0.336 e. The maximum atomic E-state index is 12.7. The summed E-state index contributed by atoms with van der Waals surface area (Å²) < 4.78 is 0. The van der Waals surface area contributed by atoms with Gasteiger partial charge in [0.1, 0.15) is 0 Å². The van der Waals surface area contributed by atoms with Crippen LogP contribution in [0.5, 0.6) is 0 Å². The molecule has 1 saturated heterocycles. The average molecular weight is 390 g/mol. The number of carbonyl (C=O) groups is 1. The van der Waals surface area contributed by atoms with E-state index in [1.807, 2.05) is 36.1 Å². The molecule has 0 N–H and O–H groups in total. The van der Waals surface area contributed by atoms with Crippen molar-refractivity contribution in [2.24, 2.45) is 5.92 Å². The third-order valence-corrected chi connectivity index (χ3v) is 6.31. The fraction of sp³-hybridized carbons (Fsp3) is 0.500. The lowest BCUT2D eigenvalue weighted by atomic mass is 10.1. The predicted octanol–water partition coefficient (Wildman–Crippen LogP) is 4.16. The number of aromatic nitrogens is 1. The van der Waals surface area contributed by atoms with Crippen molar-refractivity contribution in [1.29, 1.82) is 0 Å². The van der Waals surface area contributed by atoms with Crippen molar-refractivity contribution in [3.05, 3.63) is 45.9 Å². The average Bonchev–Trinajstić information content (AvgIpc) is 3.05. The highest BCUT2D eigenvalue weighted by Gasteiger charge is 2.22. The molecule has 0 atom stereocenters. The Bertz CT molecular complexity index is 719. The molecule has 1 aromatic heterocycles. The molecule has 2 heterocycles. The standard InChI is InChI=1S/C20H27N3OS2/c1-15(2)12-22-8-10-23(11-9-22)20(24)17-4-6-19(7-5-17)26-14-18-13-25-16(3)21-18/h4-7,13,15H,8-12,14H2,1-3H3. The number of thiazole rings is 1. The van der Waals surface area contributed by atoms with Crippen LogP contribution in [-0.2, 0) is 5.75 Å². The van der Waals surface area contributed by atoms with Crippen LogP contribution in [0.3, 0.4) is 0 Å². The molecule has 0 radical (unpaired) electrons. The van der Waals surface area contributed by atoms with Crippen molar-refractivity contribution in [2.75, 3.05) is 32.7 Å². The Kier molecular flexibility index (Phi) is 6.73. The van der Waals surface area contributed by atoms with Crippen molar-refractivity contribution in [3.63, 3.8) is 0 Å². The van der Waals surface area contributed by atoms with Crippen LogP contribution >= 0.6 is 23.1 Å². The van der Waals surface area contributed by atoms with Gasteiger partial charge >= 0.3 is 0 Å². The van der Waals surface area contributed by atoms with Gasteiger partial charge in [0, 0.05) is 54.3 Å². The number of hydrogen-bond donors (Lipinski definition) is 0. The van der Waals surface area contributed by atoms with Gasteiger partial charge in [-0.1, -0.05) is 13.8 Å². The van der Waals surface area contributed by atoms with Crippen LogP contribution < -0.4 is 0 Å². The van der Waals surface area contributed by atoms with Crippen LogP contribution in [0, 0.1) is 12.8 Å². The summed E-state index contributed by atoms with van der Waals surface area (Å²) in [5.74, 6) is 1.70. The van der Waals surface area contributed by atoms with E-state index in [2.05, 4.69) is 29.1 Å². The zero-order valence-corrected chi connectivity index (χ0v) is 17.4. The molecule has 6 heteroatoms. The minimum absolute atomic E-state index is 0.154. The predicted molar refractivity (Wildman–Crippen MR) is 110 cm³/mol. The second kappa shape index (κ2) is 9.02. The van der Waals surface area contributed by atoms with Crippen molar-refractivity contribution in [3.8, 4) is 0 Å². The Balaban J connectivity index is 1.51. The van der Waals surface area contributed by atoms with Crippen LogP contribution in [-0.4, -0.2) is 53.4 Å². The number of benzene rings is 1. The van der Waals surface area contributed by atoms with Gasteiger partial charge in [-0.05, 0) is 37.1 Å². The molecular weight excluding hydrogens is 362 g/mol. The third-order valence-electron chi connectivity index (χ3n) is 4.44. The van der Waals surface area contributed by atoms with Crippen LogP contribution in [0.2, 0.25) is 0 Å². The summed E-state index contributed by atoms with van der Waals surface area (Å²) in [6.07, 6.45) is 0. The summed E-state index contributed by atoms with van der Waals surface area (Å²) in [6.45, 7) is 11.2. The first kappa shape index (κ1) is 19.4. The number of aryl methyl sites for hydroxylation is 1. The zero-order chi connectivity index (χ0) is 18.5. The highest BCUT2D eigenvalue weighted by atomic mass is 32.2. The topological polar surface area (TPSA) is 36.4 Å². The van der Waals surface area contributed by atoms with E-state index in [0.29, 0.717) is 5.92 Å². The number of hydrogen-bond acceptors (Lipinski definition) is 5. The van der Waals surface area contributed by atoms with Crippen molar-refractivity contribution >= 4 is 29.0 Å². The van der Waals surface area contributed by atoms with Crippen LogP contribution in [0.25, 0.3) is 0 Å². The molecule has 0 aliphatic carbocycles. The molecule has 1 amide bonds. The highest BCUT2D eigenvalue weighted by Crippen LogP contribution is 2.24. The van der Waals surface area contributed by atoms with E-state index in [1.165, 1.54) is 4.90 Å². The lowest BCUT2D eigenvalue weighted by Gasteiger charge is -2.35. The Hall–Kier alpha value is -1.37. The molecule has 0 bridgehead atoms. The molecule has 1 aliphatic rings. The molecule has 1 aliphatic heterocycles. The molecule has 26 heavy (non-hydrogen) atoms. The first-order valence-electron chi connectivity index (χ1n) is 9.17. The Morgan fingerprint density at radius 2 is 1.88 bits per heavy atom. The number of carbonyl (C=O) groups excluding carboxylic acids is 1. The van der Waals surface area contributed by atoms with E-state index in [-0.39, 0.29) is 5.91 Å². The summed E-state index contributed by atoms with van der Waals surface area (Å²) in [5.41, 5.74) is 1.91. The first-order chi connectivity index (χ1) is 12.5. The molecule has 140 valence electrons. The summed E-state index contributed by atoms with van der Waals surface area (Å²) in [4.78, 5) is 22.8. The highest BCUT2D eigenvalue weighted by molar-refractivity contribution is 7.98. The first-order valence-corrected chi connectivity index (χ1v) is 11.0. The molecule has 3 rings (SSSR count). The molecule has 0 spiro atoms. The maximum Gasteiger partial charge on any atom is 0.253 e. The minimum Gasteiger partial charge on any atom is -0.336 e. The van der Waals surface area contributed by atoms with E-state index in [0.717, 1.165) is 54.7 Å². The number of thioether (sulfide) groups is 1. The molecule has 0 saturated carbocycles. The van der Waals surface area contributed by atoms with Gasteiger partial charge in [0.25, 0.3) is 5.91 Å². The van der Waals surface area contributed by atoms with Gasteiger partial charge in [-0.2, -0.15) is 0 Å². The fourth-order valence-corrected chi connectivity index (χ4v) is 4.67. The van der Waals surface area contributed by atoms with E-state index < -0.39 is 0 Å². The summed E-state index contributed by atoms with van der Waals surface area (Å²) in [7, 11) is 0. The third kappa shape index (κ3) is 5.32. The Morgan fingerprint density at radius 1 is 1.19 bits per heavy atom. The van der Waals surface area contributed by atoms with Crippen molar-refractivity contribution in [1.82, 2.24) is 14.8 Å². The smallest absolute Gasteiger partial charge is 0.253 e. The lowest BCUT2D eigenvalue weighted by Crippen LogP contribution is -2.49. The van der Waals surface area contributed by atoms with Gasteiger partial charge in [-0.25, -0.2) is 4.98 Å². The summed E-state index contributed by atoms with van der Waals surface area (Å²) in [6, 6.07) is 8.01. The fourth-order valence-electron chi connectivity index (χ4n) is 3.16. The molecular formula is C20H27N3OS2. The second-order valence-corrected chi connectivity index (χ2v) is 9.27. The van der Waals surface area contributed by atoms with Gasteiger partial charge in [0.2, 0.25) is 0 Å². The molecule has 1 aromatic carbocycles. The van der Waals surface area contributed by atoms with E-state index in [9.17, 15) is 4.79 Å². The van der Waals surface area contributed by atoms with Gasteiger partial charge in [0.15, 0.2) is 0 Å². The number of piperazine rings is 1. The van der Waals surface area contributed by atoms with Crippen LogP contribution in [0.1, 0.15) is 34.9 Å². The zero-order valence-electron chi connectivity index (χ0n) is 15.8. The van der Waals surface area contributed by atoms with Gasteiger partial charge in [-0.15, -0.1) is 23.1 Å². The Labute approximate surface area is 164 Å². The number of rotatable bonds is 6. The van der Waals surface area contributed by atoms with Crippen molar-refractivity contribution < 1.29 is 4.79 Å². The molecule has 2 aromatic rings. The van der Waals surface area contributed by atoms with Gasteiger partial charge in [0.05, 0.1) is 10.7 Å². The monoisotopic (exact) mass is 389 g/mol. The number of nitrogens with zero attached hydrogens (tertiary/aromatic N) is 3. The van der Waals surface area contributed by atoms with Crippen LogP contribution in [0.15, 0.2) is 34.5 Å². The lowest BCUT2D eigenvalue weighted by molar-refractivity contribution is 0.0624. The van der Waals surface area contributed by atoms with Crippen LogP contribution in [0.4, 0.5) is 0 Å². The number of amides is 1. The van der Waals surface area contributed by atoms with E-state index in [1.54, 1.807) is 23.1 Å². The molecule has 1 fully saturated rings. The van der Waals surface area contributed by atoms with Gasteiger partial charge < -0.3 is 4.90 Å². The minimum atomic E-state index is 0.154. The van der Waals surface area contributed by atoms with Crippen molar-refractivity contribution in [2.45, 2.75) is 31.4 Å². The quantitative estimate of drug-likeness (QED) is 0.695. The molecule has 0 unspecified atom stereocenters. The summed E-state index contributed by atoms with van der Waals surface area (Å²) >= 11 is 3.45. The normalized spacial score (nSPS) is 15.6. The van der Waals surface area contributed by atoms with E-state index in [4.69, 9.17) is 0 Å².